The zero-order chi connectivity index (χ0) is 10.8. The fraction of sp³-hybridized carbons (Fsp3) is 0.750. The van der Waals surface area contributed by atoms with Gasteiger partial charge in [0.1, 0.15) is 0 Å². The van der Waals surface area contributed by atoms with E-state index < -0.39 is 0 Å². The minimum Gasteiger partial charge on any atom is -0.308 e. The third kappa shape index (κ3) is 2.59. The molecule has 2 rings (SSSR count). The topological polar surface area (TPSA) is 29.9 Å². The third-order valence-corrected chi connectivity index (χ3v) is 3.37. The van der Waals surface area contributed by atoms with Crippen LogP contribution in [0, 0.1) is 12.8 Å². The van der Waals surface area contributed by atoms with E-state index in [9.17, 15) is 0 Å². The maximum Gasteiger partial charge on any atom is 0.0597 e. The molecule has 1 aromatic rings. The van der Waals surface area contributed by atoms with E-state index in [1.807, 2.05) is 18.7 Å². The molecule has 0 aliphatic heterocycles. The Morgan fingerprint density at radius 3 is 2.87 bits per heavy atom. The molecule has 0 aromatic carbocycles. The highest BCUT2D eigenvalue weighted by Crippen LogP contribution is 2.24. The summed E-state index contributed by atoms with van der Waals surface area (Å²) in [6.07, 6.45) is 4.04. The van der Waals surface area contributed by atoms with Crippen LogP contribution in [0.4, 0.5) is 0 Å². The first-order valence-electron chi connectivity index (χ1n) is 5.88. The van der Waals surface area contributed by atoms with E-state index in [-0.39, 0.29) is 0 Å². The van der Waals surface area contributed by atoms with Crippen molar-refractivity contribution in [3.05, 3.63) is 17.5 Å². The Kier molecular flexibility index (Phi) is 3.10. The quantitative estimate of drug-likeness (QED) is 0.821. The first-order chi connectivity index (χ1) is 7.15. The van der Waals surface area contributed by atoms with Gasteiger partial charge in [0.15, 0.2) is 0 Å². The summed E-state index contributed by atoms with van der Waals surface area (Å²) in [7, 11) is 2.02. The van der Waals surface area contributed by atoms with Crippen molar-refractivity contribution in [3.63, 3.8) is 0 Å². The van der Waals surface area contributed by atoms with Gasteiger partial charge >= 0.3 is 0 Å². The second kappa shape index (κ2) is 4.35. The van der Waals surface area contributed by atoms with Crippen LogP contribution in [-0.4, -0.2) is 15.8 Å². The van der Waals surface area contributed by atoms with Crippen molar-refractivity contribution >= 4 is 0 Å². The van der Waals surface area contributed by atoms with Gasteiger partial charge in [-0.25, -0.2) is 0 Å². The van der Waals surface area contributed by atoms with E-state index in [4.69, 9.17) is 0 Å². The number of nitrogens with one attached hydrogen (secondary N) is 1. The van der Waals surface area contributed by atoms with Crippen LogP contribution in [0.1, 0.15) is 37.6 Å². The second-order valence-corrected chi connectivity index (χ2v) is 4.90. The summed E-state index contributed by atoms with van der Waals surface area (Å²) in [5, 5.41) is 7.97. The van der Waals surface area contributed by atoms with Gasteiger partial charge in [-0.2, -0.15) is 5.10 Å². The molecule has 0 saturated heterocycles. The second-order valence-electron chi connectivity index (χ2n) is 4.90. The van der Waals surface area contributed by atoms with Crippen molar-refractivity contribution < 1.29 is 0 Å². The highest BCUT2D eigenvalue weighted by atomic mass is 15.3. The zero-order valence-corrected chi connectivity index (χ0v) is 9.95. The van der Waals surface area contributed by atoms with Crippen LogP contribution in [0.2, 0.25) is 0 Å². The van der Waals surface area contributed by atoms with E-state index in [0.717, 1.165) is 24.2 Å². The number of rotatable bonds is 3. The van der Waals surface area contributed by atoms with E-state index in [0.29, 0.717) is 0 Å². The predicted molar refractivity (Wildman–Crippen MR) is 61.6 cm³/mol. The zero-order valence-electron chi connectivity index (χ0n) is 9.95. The molecule has 1 N–H and O–H groups in total. The monoisotopic (exact) mass is 207 g/mol. The van der Waals surface area contributed by atoms with Gasteiger partial charge in [-0.1, -0.05) is 6.92 Å². The van der Waals surface area contributed by atoms with E-state index in [1.54, 1.807) is 0 Å². The van der Waals surface area contributed by atoms with Gasteiger partial charge in [0.2, 0.25) is 0 Å². The summed E-state index contributed by atoms with van der Waals surface area (Å²) in [6, 6.07) is 2.88. The molecule has 0 bridgehead atoms. The molecule has 2 unspecified atom stereocenters. The highest BCUT2D eigenvalue weighted by molar-refractivity contribution is 5.08. The Hall–Kier alpha value is -0.830. The van der Waals surface area contributed by atoms with Crippen LogP contribution in [0.25, 0.3) is 0 Å². The molecule has 0 spiro atoms. The Morgan fingerprint density at radius 2 is 2.33 bits per heavy atom. The van der Waals surface area contributed by atoms with Crippen LogP contribution in [0.3, 0.4) is 0 Å². The van der Waals surface area contributed by atoms with Crippen molar-refractivity contribution in [1.82, 2.24) is 15.1 Å². The molecule has 84 valence electrons. The summed E-state index contributed by atoms with van der Waals surface area (Å²) >= 11 is 0. The standard InChI is InChI=1S/C12H21N3/c1-9-4-5-11(6-9)13-8-12-7-10(2)14-15(12)3/h7,9,11,13H,4-6,8H2,1-3H3. The van der Waals surface area contributed by atoms with Crippen LogP contribution in [-0.2, 0) is 13.6 Å². The van der Waals surface area contributed by atoms with Gasteiger partial charge in [-0.05, 0) is 38.2 Å². The summed E-state index contributed by atoms with van der Waals surface area (Å²) in [5.41, 5.74) is 2.39. The van der Waals surface area contributed by atoms with E-state index in [1.165, 1.54) is 25.0 Å². The number of hydrogen-bond donors (Lipinski definition) is 1. The molecule has 0 radical (unpaired) electrons. The fourth-order valence-corrected chi connectivity index (χ4v) is 2.47. The molecule has 3 heteroatoms. The van der Waals surface area contributed by atoms with Gasteiger partial charge < -0.3 is 5.32 Å². The molecule has 1 fully saturated rings. The number of aromatic nitrogens is 2. The smallest absolute Gasteiger partial charge is 0.0597 e. The van der Waals surface area contributed by atoms with Gasteiger partial charge in [0.25, 0.3) is 0 Å². The largest absolute Gasteiger partial charge is 0.308 e. The van der Waals surface area contributed by atoms with Crippen LogP contribution in [0.5, 0.6) is 0 Å². The van der Waals surface area contributed by atoms with Crippen LogP contribution < -0.4 is 5.32 Å². The van der Waals surface area contributed by atoms with Crippen molar-refractivity contribution in [2.45, 2.75) is 45.7 Å². The molecule has 2 atom stereocenters. The lowest BCUT2D eigenvalue weighted by molar-refractivity contribution is 0.490. The first-order valence-corrected chi connectivity index (χ1v) is 5.88. The summed E-state index contributed by atoms with van der Waals surface area (Å²) in [4.78, 5) is 0. The molecular formula is C12H21N3. The van der Waals surface area contributed by atoms with Crippen molar-refractivity contribution in [3.8, 4) is 0 Å². The minimum absolute atomic E-state index is 0.718. The van der Waals surface area contributed by atoms with Crippen molar-refractivity contribution in [2.24, 2.45) is 13.0 Å². The Labute approximate surface area is 91.9 Å². The fourth-order valence-electron chi connectivity index (χ4n) is 2.47. The molecule has 1 aliphatic rings. The first kappa shape index (κ1) is 10.7. The Bertz CT molecular complexity index is 330. The lowest BCUT2D eigenvalue weighted by atomic mass is 10.1. The van der Waals surface area contributed by atoms with Crippen molar-refractivity contribution in [1.29, 1.82) is 0 Å². The summed E-state index contributed by atoms with van der Waals surface area (Å²) in [5.74, 6) is 0.899. The molecular weight excluding hydrogens is 186 g/mol. The summed E-state index contributed by atoms with van der Waals surface area (Å²) in [6.45, 7) is 5.34. The Morgan fingerprint density at radius 1 is 1.53 bits per heavy atom. The molecule has 1 aliphatic carbocycles. The SMILES string of the molecule is Cc1cc(CNC2CCC(C)C2)n(C)n1. The van der Waals surface area contributed by atoms with E-state index >= 15 is 0 Å². The normalized spacial score (nSPS) is 26.1. The maximum absolute atomic E-state index is 4.35. The average Bonchev–Trinajstić information content (AvgIpc) is 2.70. The van der Waals surface area contributed by atoms with Crippen LogP contribution >= 0.6 is 0 Å². The summed E-state index contributed by atoms with van der Waals surface area (Å²) < 4.78 is 1.97. The predicted octanol–water partition coefficient (Wildman–Crippen LogP) is 2.01. The number of hydrogen-bond acceptors (Lipinski definition) is 2. The molecule has 1 saturated carbocycles. The van der Waals surface area contributed by atoms with Gasteiger partial charge in [-0.3, -0.25) is 4.68 Å². The molecule has 3 nitrogen and oxygen atoms in total. The number of aryl methyl sites for hydroxylation is 2. The van der Waals surface area contributed by atoms with Crippen molar-refractivity contribution in [2.75, 3.05) is 0 Å². The molecule has 1 heterocycles. The van der Waals surface area contributed by atoms with E-state index in [2.05, 4.69) is 23.4 Å². The molecule has 1 aromatic heterocycles. The lowest BCUT2D eigenvalue weighted by Crippen LogP contribution is -2.26. The Balaban J connectivity index is 1.85. The maximum atomic E-state index is 4.35. The van der Waals surface area contributed by atoms with Gasteiger partial charge in [0, 0.05) is 19.6 Å². The minimum atomic E-state index is 0.718. The highest BCUT2D eigenvalue weighted by Gasteiger charge is 2.20. The number of nitrogens with zero attached hydrogens (tertiary/aromatic N) is 2. The van der Waals surface area contributed by atoms with Crippen LogP contribution in [0.15, 0.2) is 6.07 Å². The van der Waals surface area contributed by atoms with Gasteiger partial charge in [0.05, 0.1) is 11.4 Å². The molecule has 0 amide bonds. The molecule has 15 heavy (non-hydrogen) atoms. The average molecular weight is 207 g/mol. The van der Waals surface area contributed by atoms with Gasteiger partial charge in [-0.15, -0.1) is 0 Å². The lowest BCUT2D eigenvalue weighted by Gasteiger charge is -2.12. The third-order valence-electron chi connectivity index (χ3n) is 3.37.